The lowest BCUT2D eigenvalue weighted by Crippen LogP contribution is -2.70. The minimum absolute atomic E-state index is 0.0209. The lowest BCUT2D eigenvalue weighted by Gasteiger charge is -2.60. The van der Waals surface area contributed by atoms with E-state index in [-0.39, 0.29) is 81.6 Å². The summed E-state index contributed by atoms with van der Waals surface area (Å²) in [6.45, 7) is 5.43. The maximum Gasteiger partial charge on any atom is 0.239 e. The van der Waals surface area contributed by atoms with Crippen LogP contribution in [0.15, 0.2) is 90.1 Å². The molecule has 2 saturated carbocycles. The molecule has 0 radical (unpaired) electrons. The molecule has 0 aromatic heterocycles. The van der Waals surface area contributed by atoms with Crippen LogP contribution in [-0.2, 0) is 32.3 Å². The first kappa shape index (κ1) is 44.3. The molecule has 3 aromatic rings. The van der Waals surface area contributed by atoms with Gasteiger partial charge < -0.3 is 48.4 Å². The normalized spacial score (nSPS) is 27.2. The number of allylic oxidation sites excluding steroid dienone is 1. The second kappa shape index (κ2) is 20.1. The number of hydrogen-bond donors (Lipinski definition) is 2. The highest BCUT2D eigenvalue weighted by molar-refractivity contribution is 6.03. The number of carbonyl (C=O) groups excluding carboxylic acids is 1. The van der Waals surface area contributed by atoms with Gasteiger partial charge in [0.25, 0.3) is 0 Å². The van der Waals surface area contributed by atoms with Crippen LogP contribution in [0.4, 0.5) is 4.39 Å². The van der Waals surface area contributed by atoms with E-state index >= 15 is 0 Å². The second-order valence-electron chi connectivity index (χ2n) is 18.0. The van der Waals surface area contributed by atoms with Crippen molar-refractivity contribution in [3.63, 3.8) is 0 Å². The second-order valence-corrected chi connectivity index (χ2v) is 18.0. The van der Waals surface area contributed by atoms with Crippen LogP contribution in [0.2, 0.25) is 0 Å². The Hall–Kier alpha value is -4.95. The summed E-state index contributed by atoms with van der Waals surface area (Å²) in [5.41, 5.74) is 3.91. The molecule has 64 heavy (non-hydrogen) atoms. The predicted octanol–water partition coefficient (Wildman–Crippen LogP) is 8.73. The first-order chi connectivity index (χ1) is 31.4. The first-order valence-corrected chi connectivity index (χ1v) is 23.3. The fourth-order valence-corrected chi connectivity index (χ4v) is 10.6. The number of hydrogen-bond acceptors (Lipinski definition) is 11. The molecule has 1 amide bonds. The van der Waals surface area contributed by atoms with Crippen LogP contribution in [-0.4, -0.2) is 78.1 Å². The van der Waals surface area contributed by atoms with Crippen LogP contribution in [0, 0.1) is 29.5 Å². The fourth-order valence-electron chi connectivity index (χ4n) is 10.6. The number of benzene rings is 3. The topological polar surface area (TPSA) is 138 Å². The van der Waals surface area contributed by atoms with E-state index in [0.717, 1.165) is 74.5 Å². The van der Waals surface area contributed by atoms with Crippen molar-refractivity contribution in [2.24, 2.45) is 28.8 Å². The van der Waals surface area contributed by atoms with Gasteiger partial charge in [0.1, 0.15) is 30.0 Å². The number of unbranched alkanes of at least 4 members (excludes halogenated alkanes) is 2. The number of nitrogens with zero attached hydrogens (tertiary/aromatic N) is 2. The highest BCUT2D eigenvalue weighted by Gasteiger charge is 2.66. The number of oxime groups is 1. The molecule has 3 fully saturated rings. The lowest BCUT2D eigenvalue weighted by molar-refractivity contribution is -0.258. The highest BCUT2D eigenvalue weighted by atomic mass is 19.1. The summed E-state index contributed by atoms with van der Waals surface area (Å²) in [5.74, 6) is -0.0451. The molecule has 0 spiro atoms. The Bertz CT molecular complexity index is 2190. The summed E-state index contributed by atoms with van der Waals surface area (Å²) in [7, 11) is 0. The number of halogens is 1. The Morgan fingerprint density at radius 2 is 1.77 bits per heavy atom. The minimum Gasteiger partial charge on any atom is -0.489 e. The predicted molar refractivity (Wildman–Crippen MR) is 236 cm³/mol. The van der Waals surface area contributed by atoms with E-state index in [9.17, 15) is 19.4 Å². The van der Waals surface area contributed by atoms with Gasteiger partial charge in [0.2, 0.25) is 24.8 Å². The SMILES string of the molecule is C=CCOC12Oc3ccc(OCc4ccccc4F)cc3C3C(CCCCO)C(CCCCO)C=C(C(=NOC4CCCCO4)CC1N(Cc1ccc4c(c1)OCO4)C(=O)C1CC1)C32. The molecule has 12 nitrogen and oxygen atoms in total. The van der Waals surface area contributed by atoms with Crippen molar-refractivity contribution in [2.45, 2.75) is 114 Å². The quantitative estimate of drug-likeness (QED) is 0.0644. The Morgan fingerprint density at radius 3 is 2.55 bits per heavy atom. The van der Waals surface area contributed by atoms with Crippen LogP contribution in [0.3, 0.4) is 0 Å². The zero-order valence-corrected chi connectivity index (χ0v) is 36.5. The third-order valence-electron chi connectivity index (χ3n) is 13.8. The van der Waals surface area contributed by atoms with Crippen LogP contribution < -0.4 is 18.9 Å². The Labute approximate surface area is 374 Å². The van der Waals surface area contributed by atoms with Gasteiger partial charge in [-0.15, -0.1) is 6.58 Å². The Balaban J connectivity index is 1.22. The van der Waals surface area contributed by atoms with E-state index in [0.29, 0.717) is 53.7 Å². The molecular formula is C51H61FN2O10. The zero-order chi connectivity index (χ0) is 44.0. The number of aliphatic hydroxyl groups is 2. The van der Waals surface area contributed by atoms with Gasteiger partial charge in [-0.25, -0.2) is 4.39 Å². The molecule has 3 aliphatic carbocycles. The lowest BCUT2D eigenvalue weighted by atomic mass is 9.55. The number of amides is 1. The van der Waals surface area contributed by atoms with Crippen LogP contribution >= 0.6 is 0 Å². The van der Waals surface area contributed by atoms with Gasteiger partial charge in [0.15, 0.2) is 11.5 Å². The summed E-state index contributed by atoms with van der Waals surface area (Å²) < 4.78 is 53.3. The number of ether oxygens (including phenoxy) is 6. The highest BCUT2D eigenvalue weighted by Crippen LogP contribution is 2.62. The van der Waals surface area contributed by atoms with Crippen molar-refractivity contribution >= 4 is 11.6 Å². The number of rotatable bonds is 20. The van der Waals surface area contributed by atoms with Crippen molar-refractivity contribution in [1.29, 1.82) is 0 Å². The van der Waals surface area contributed by atoms with E-state index < -0.39 is 24.0 Å². The van der Waals surface area contributed by atoms with Gasteiger partial charge in [0, 0.05) is 55.6 Å². The van der Waals surface area contributed by atoms with E-state index in [1.807, 2.05) is 41.3 Å². The zero-order valence-electron chi connectivity index (χ0n) is 36.5. The number of fused-ring (bicyclic) bond motifs is 3. The molecule has 342 valence electrons. The molecule has 13 heteroatoms. The Kier molecular flexibility index (Phi) is 13.9. The van der Waals surface area contributed by atoms with E-state index in [2.05, 4.69) is 12.7 Å². The van der Waals surface area contributed by atoms with Crippen LogP contribution in [0.25, 0.3) is 0 Å². The molecule has 2 N–H and O–H groups in total. The molecule has 7 atom stereocenters. The summed E-state index contributed by atoms with van der Waals surface area (Å²) in [4.78, 5) is 23.2. The van der Waals surface area contributed by atoms with Crippen molar-refractivity contribution in [3.05, 3.63) is 107 Å². The third kappa shape index (κ3) is 9.27. The van der Waals surface area contributed by atoms with Gasteiger partial charge in [-0.2, -0.15) is 0 Å². The molecule has 7 unspecified atom stereocenters. The minimum atomic E-state index is -1.42. The maximum absolute atomic E-state index is 15.0. The van der Waals surface area contributed by atoms with Crippen LogP contribution in [0.5, 0.6) is 23.0 Å². The molecule has 1 saturated heterocycles. The summed E-state index contributed by atoms with van der Waals surface area (Å²) in [6.07, 6.45) is 12.6. The smallest absolute Gasteiger partial charge is 0.239 e. The molecule has 3 aromatic carbocycles. The molecular weight excluding hydrogens is 820 g/mol. The van der Waals surface area contributed by atoms with Crippen molar-refractivity contribution in [2.75, 3.05) is 33.2 Å². The van der Waals surface area contributed by atoms with Crippen molar-refractivity contribution < 1.29 is 52.7 Å². The molecule has 9 rings (SSSR count). The average molecular weight is 881 g/mol. The number of carbonyl (C=O) groups is 1. The van der Waals surface area contributed by atoms with Crippen molar-refractivity contribution in [3.8, 4) is 23.0 Å². The van der Waals surface area contributed by atoms with Crippen LogP contribution in [0.1, 0.15) is 99.7 Å². The van der Waals surface area contributed by atoms with E-state index in [1.54, 1.807) is 24.3 Å². The average Bonchev–Trinajstić information content (AvgIpc) is 4.07. The summed E-state index contributed by atoms with van der Waals surface area (Å²) in [6, 6.07) is 17.5. The third-order valence-corrected chi connectivity index (χ3v) is 13.8. The van der Waals surface area contributed by atoms with E-state index in [1.165, 1.54) is 6.07 Å². The Morgan fingerprint density at radius 1 is 0.953 bits per heavy atom. The number of aliphatic hydroxyl groups excluding tert-OH is 2. The fraction of sp³-hybridized carbons (Fsp3) is 0.529. The molecule has 3 heterocycles. The molecule has 6 aliphatic rings. The van der Waals surface area contributed by atoms with Gasteiger partial charge in [-0.3, -0.25) is 4.79 Å². The first-order valence-electron chi connectivity index (χ1n) is 23.3. The monoisotopic (exact) mass is 880 g/mol. The van der Waals surface area contributed by atoms with Gasteiger partial charge in [0.05, 0.1) is 24.8 Å². The van der Waals surface area contributed by atoms with Gasteiger partial charge in [-0.05, 0) is 111 Å². The standard InChI is InChI=1S/C51H61FN2O10/c1-2-24-62-51-46(54(50(57)34-17-18-34)30-33-16-20-44-45(26-33)61-32-60-44)29-42(53-64-47-15-7-10-25-58-47)39-27-35(11-5-8-22-55)38(13-6-9-23-56)48(49(39)51)40-28-37(19-21-43(40)63-51)59-31-36-12-3-4-14-41(36)52/h2-4,12,14,16,19-21,26-28,34-35,38,46-49,55-56H,1,5-11,13,15,17-18,22-25,29-32H2. The molecule has 0 bridgehead atoms. The van der Waals surface area contributed by atoms with Gasteiger partial charge >= 0.3 is 0 Å². The summed E-state index contributed by atoms with van der Waals surface area (Å²) >= 11 is 0. The summed E-state index contributed by atoms with van der Waals surface area (Å²) in [5, 5.41) is 25.0. The molecule has 3 aliphatic heterocycles. The van der Waals surface area contributed by atoms with Crippen molar-refractivity contribution in [1.82, 2.24) is 4.90 Å². The van der Waals surface area contributed by atoms with E-state index in [4.69, 9.17) is 38.4 Å². The maximum atomic E-state index is 15.0. The van der Waals surface area contributed by atoms with Gasteiger partial charge in [-0.1, -0.05) is 54.4 Å². The largest absolute Gasteiger partial charge is 0.489 e.